The van der Waals surface area contributed by atoms with Gasteiger partial charge in [0.1, 0.15) is 0 Å². The van der Waals surface area contributed by atoms with Crippen LogP contribution in [0.15, 0.2) is 12.2 Å². The highest BCUT2D eigenvalue weighted by Gasteiger charge is 2.19. The third kappa shape index (κ3) is 1.57. The van der Waals surface area contributed by atoms with Crippen LogP contribution < -0.4 is 0 Å². The highest BCUT2D eigenvalue weighted by Crippen LogP contribution is 2.30. The Morgan fingerprint density at radius 2 is 2.00 bits per heavy atom. The summed E-state index contributed by atoms with van der Waals surface area (Å²) in [5.74, 6) is 2.61. The minimum atomic E-state index is 0.854. The molecule has 1 aliphatic rings. The van der Waals surface area contributed by atoms with Gasteiger partial charge < -0.3 is 0 Å². The quantitative estimate of drug-likeness (QED) is 0.496. The zero-order valence-corrected chi connectivity index (χ0v) is 6.59. The second-order valence-corrected chi connectivity index (χ2v) is 3.54. The van der Waals surface area contributed by atoms with E-state index >= 15 is 0 Å². The van der Waals surface area contributed by atoms with Crippen molar-refractivity contribution >= 4 is 0 Å². The van der Waals surface area contributed by atoms with Gasteiger partial charge in [0.15, 0.2) is 0 Å². The molecule has 2 unspecified atom stereocenters. The third-order valence-electron chi connectivity index (χ3n) is 2.08. The molecule has 0 aromatic rings. The van der Waals surface area contributed by atoms with E-state index in [-0.39, 0.29) is 0 Å². The van der Waals surface area contributed by atoms with Crippen LogP contribution in [0.3, 0.4) is 0 Å². The fourth-order valence-corrected chi connectivity index (χ4v) is 1.33. The Bertz CT molecular complexity index is 111. The fourth-order valence-electron chi connectivity index (χ4n) is 1.33. The van der Waals surface area contributed by atoms with Crippen LogP contribution >= 0.6 is 0 Å². The molecule has 9 heavy (non-hydrogen) atoms. The summed E-state index contributed by atoms with van der Waals surface area (Å²) in [7, 11) is 0. The molecule has 0 bridgehead atoms. The smallest absolute Gasteiger partial charge is 0.0171 e. The number of rotatable bonds is 2. The van der Waals surface area contributed by atoms with E-state index in [1.807, 2.05) is 0 Å². The first-order valence-corrected chi connectivity index (χ1v) is 3.88. The van der Waals surface area contributed by atoms with Gasteiger partial charge in [-0.05, 0) is 24.2 Å². The van der Waals surface area contributed by atoms with Crippen molar-refractivity contribution in [3.63, 3.8) is 0 Å². The summed E-state index contributed by atoms with van der Waals surface area (Å²) in [5.41, 5.74) is 0. The van der Waals surface area contributed by atoms with Gasteiger partial charge in [0.2, 0.25) is 0 Å². The molecule has 1 rings (SSSR count). The lowest BCUT2D eigenvalue weighted by Crippen LogP contribution is -2.16. The van der Waals surface area contributed by atoms with Crippen LogP contribution in [-0.4, -0.2) is 0 Å². The Labute approximate surface area is 58.0 Å². The standard InChI is InChI=1S/C9H16/c1-7(2)6-9-5-4-8(9)3/h4-5,7-9H,6H2,1-3H3. The second-order valence-electron chi connectivity index (χ2n) is 3.54. The second kappa shape index (κ2) is 2.55. The van der Waals surface area contributed by atoms with Gasteiger partial charge in [0, 0.05) is 0 Å². The lowest BCUT2D eigenvalue weighted by molar-refractivity contribution is 0.373. The van der Waals surface area contributed by atoms with Crippen molar-refractivity contribution in [3.8, 4) is 0 Å². The summed E-state index contributed by atoms with van der Waals surface area (Å²) in [5, 5.41) is 0. The molecule has 0 aromatic carbocycles. The van der Waals surface area contributed by atoms with E-state index in [4.69, 9.17) is 0 Å². The molecule has 52 valence electrons. The maximum absolute atomic E-state index is 2.34. The lowest BCUT2D eigenvalue weighted by Gasteiger charge is -2.27. The van der Waals surface area contributed by atoms with Crippen molar-refractivity contribution in [3.05, 3.63) is 12.2 Å². The summed E-state index contributed by atoms with van der Waals surface area (Å²) < 4.78 is 0. The van der Waals surface area contributed by atoms with Crippen LogP contribution in [0.5, 0.6) is 0 Å². The Balaban J connectivity index is 2.23. The van der Waals surface area contributed by atoms with Gasteiger partial charge in [-0.25, -0.2) is 0 Å². The van der Waals surface area contributed by atoms with Gasteiger partial charge in [0.25, 0.3) is 0 Å². The van der Waals surface area contributed by atoms with Crippen LogP contribution in [0, 0.1) is 17.8 Å². The van der Waals surface area contributed by atoms with Crippen LogP contribution in [0.2, 0.25) is 0 Å². The van der Waals surface area contributed by atoms with E-state index in [1.54, 1.807) is 0 Å². The van der Waals surface area contributed by atoms with E-state index < -0.39 is 0 Å². The van der Waals surface area contributed by atoms with Gasteiger partial charge in [-0.1, -0.05) is 32.9 Å². The molecular formula is C9H16. The molecule has 0 amide bonds. The van der Waals surface area contributed by atoms with Crippen LogP contribution in [0.25, 0.3) is 0 Å². The predicted octanol–water partition coefficient (Wildman–Crippen LogP) is 2.85. The van der Waals surface area contributed by atoms with E-state index in [9.17, 15) is 0 Å². The molecule has 1 aliphatic carbocycles. The third-order valence-corrected chi connectivity index (χ3v) is 2.08. The molecule has 0 aromatic heterocycles. The van der Waals surface area contributed by atoms with Gasteiger partial charge >= 0.3 is 0 Å². The van der Waals surface area contributed by atoms with E-state index in [0.29, 0.717) is 0 Å². The SMILES string of the molecule is CC(C)CC1C=CC1C. The first-order chi connectivity index (χ1) is 4.20. The fraction of sp³-hybridized carbons (Fsp3) is 0.778. The number of allylic oxidation sites excluding steroid dienone is 2. The molecule has 0 nitrogen and oxygen atoms in total. The highest BCUT2D eigenvalue weighted by molar-refractivity contribution is 5.07. The zero-order chi connectivity index (χ0) is 6.85. The van der Waals surface area contributed by atoms with E-state index in [2.05, 4.69) is 32.9 Å². The van der Waals surface area contributed by atoms with Crippen molar-refractivity contribution in [2.45, 2.75) is 27.2 Å². The molecule has 0 aliphatic heterocycles. The Morgan fingerprint density at radius 1 is 1.33 bits per heavy atom. The van der Waals surface area contributed by atoms with Gasteiger partial charge in [-0.15, -0.1) is 0 Å². The normalized spacial score (nSPS) is 32.9. The molecule has 0 radical (unpaired) electrons. The Morgan fingerprint density at radius 3 is 2.11 bits per heavy atom. The van der Waals surface area contributed by atoms with Crippen molar-refractivity contribution in [1.29, 1.82) is 0 Å². The molecule has 0 heteroatoms. The molecule has 0 fully saturated rings. The molecule has 0 spiro atoms. The highest BCUT2D eigenvalue weighted by atomic mass is 14.2. The summed E-state index contributed by atoms with van der Waals surface area (Å²) in [6, 6.07) is 0. The molecule has 2 atom stereocenters. The largest absolute Gasteiger partial charge is 0.0848 e. The minimum Gasteiger partial charge on any atom is -0.0848 e. The van der Waals surface area contributed by atoms with E-state index in [0.717, 1.165) is 17.8 Å². The molecular weight excluding hydrogens is 108 g/mol. The number of hydrogen-bond donors (Lipinski definition) is 0. The average molecular weight is 124 g/mol. The molecule has 0 heterocycles. The van der Waals surface area contributed by atoms with Crippen molar-refractivity contribution in [1.82, 2.24) is 0 Å². The number of hydrogen-bond acceptors (Lipinski definition) is 0. The monoisotopic (exact) mass is 124 g/mol. The zero-order valence-electron chi connectivity index (χ0n) is 6.59. The molecule has 0 N–H and O–H groups in total. The summed E-state index contributed by atoms with van der Waals surface area (Å²) >= 11 is 0. The first-order valence-electron chi connectivity index (χ1n) is 3.88. The van der Waals surface area contributed by atoms with Crippen molar-refractivity contribution in [2.24, 2.45) is 17.8 Å². The van der Waals surface area contributed by atoms with Crippen LogP contribution in [0.4, 0.5) is 0 Å². The maximum atomic E-state index is 2.34. The topological polar surface area (TPSA) is 0 Å². The summed E-state index contributed by atoms with van der Waals surface area (Å²) in [6.07, 6.45) is 6.01. The Kier molecular flexibility index (Phi) is 1.94. The van der Waals surface area contributed by atoms with E-state index in [1.165, 1.54) is 6.42 Å². The average Bonchev–Trinajstić information content (AvgIpc) is 1.79. The Hall–Kier alpha value is -0.260. The predicted molar refractivity (Wildman–Crippen MR) is 41.2 cm³/mol. The van der Waals surface area contributed by atoms with Crippen molar-refractivity contribution < 1.29 is 0 Å². The van der Waals surface area contributed by atoms with Gasteiger partial charge in [-0.2, -0.15) is 0 Å². The van der Waals surface area contributed by atoms with Crippen LogP contribution in [0.1, 0.15) is 27.2 Å². The molecule has 0 saturated heterocycles. The van der Waals surface area contributed by atoms with Gasteiger partial charge in [-0.3, -0.25) is 0 Å². The summed E-state index contributed by atoms with van der Waals surface area (Å²) in [6.45, 7) is 6.88. The minimum absolute atomic E-state index is 0.854. The summed E-state index contributed by atoms with van der Waals surface area (Å²) in [4.78, 5) is 0. The van der Waals surface area contributed by atoms with Crippen molar-refractivity contribution in [2.75, 3.05) is 0 Å². The first kappa shape index (κ1) is 6.85. The maximum Gasteiger partial charge on any atom is -0.0171 e. The lowest BCUT2D eigenvalue weighted by atomic mass is 9.79. The van der Waals surface area contributed by atoms with Gasteiger partial charge in [0.05, 0.1) is 0 Å². The van der Waals surface area contributed by atoms with Crippen LogP contribution in [-0.2, 0) is 0 Å². The molecule has 0 saturated carbocycles.